The van der Waals surface area contributed by atoms with Crippen LogP contribution in [-0.4, -0.2) is 36.9 Å². The number of imide groups is 1. The molecule has 0 N–H and O–H groups in total. The number of nitrogens with zero attached hydrogens (tertiary/aromatic N) is 1. The third-order valence-electron chi connectivity index (χ3n) is 4.11. The number of benzene rings is 2. The molecule has 1 saturated heterocycles. The van der Waals surface area contributed by atoms with Gasteiger partial charge in [-0.2, -0.15) is 0 Å². The van der Waals surface area contributed by atoms with Gasteiger partial charge in [-0.25, -0.2) is 9.69 Å². The van der Waals surface area contributed by atoms with E-state index in [1.54, 1.807) is 49.4 Å². The van der Waals surface area contributed by atoms with Gasteiger partial charge < -0.3 is 14.2 Å². The molecule has 0 unspecified atom stereocenters. The first-order chi connectivity index (χ1) is 14.9. The molecule has 1 heterocycles. The van der Waals surface area contributed by atoms with E-state index in [9.17, 15) is 14.4 Å². The molecule has 2 aromatic carbocycles. The van der Waals surface area contributed by atoms with E-state index < -0.39 is 11.9 Å². The standard InChI is InChI=1S/C22H20BrNO6S/c1-3-28-17-10-14(16(23)12-18(17)30-13-20(25)29-4-2)11-19-21(26)24(22(27)31-19)15-8-6-5-7-9-15/h5-12H,3-4,13H2,1-2H3/b19-11-. The molecular weight excluding hydrogens is 486 g/mol. The summed E-state index contributed by atoms with van der Waals surface area (Å²) in [5.41, 5.74) is 1.15. The third-order valence-corrected chi connectivity index (χ3v) is 5.66. The third kappa shape index (κ3) is 5.48. The summed E-state index contributed by atoms with van der Waals surface area (Å²) in [6.45, 7) is 3.93. The Morgan fingerprint density at radius 1 is 1.06 bits per heavy atom. The number of halogens is 1. The van der Waals surface area contributed by atoms with Crippen LogP contribution in [0.2, 0.25) is 0 Å². The predicted molar refractivity (Wildman–Crippen MR) is 122 cm³/mol. The van der Waals surface area contributed by atoms with Crippen LogP contribution in [-0.2, 0) is 14.3 Å². The zero-order valence-corrected chi connectivity index (χ0v) is 19.3. The number of hydrogen-bond acceptors (Lipinski definition) is 7. The number of carbonyl (C=O) groups is 3. The topological polar surface area (TPSA) is 82.1 Å². The molecule has 0 aliphatic carbocycles. The van der Waals surface area contributed by atoms with E-state index in [4.69, 9.17) is 14.2 Å². The average molecular weight is 506 g/mol. The maximum Gasteiger partial charge on any atom is 0.344 e. The lowest BCUT2D eigenvalue weighted by Crippen LogP contribution is -2.27. The highest BCUT2D eigenvalue weighted by Gasteiger charge is 2.36. The van der Waals surface area contributed by atoms with Crippen molar-refractivity contribution >= 4 is 56.6 Å². The van der Waals surface area contributed by atoms with Crippen LogP contribution in [0.15, 0.2) is 51.8 Å². The van der Waals surface area contributed by atoms with Gasteiger partial charge in [0.25, 0.3) is 11.1 Å². The van der Waals surface area contributed by atoms with Gasteiger partial charge in [-0.3, -0.25) is 9.59 Å². The summed E-state index contributed by atoms with van der Waals surface area (Å²) in [5.74, 6) is -0.117. The molecule has 0 aromatic heterocycles. The van der Waals surface area contributed by atoms with Crippen LogP contribution in [0.1, 0.15) is 19.4 Å². The lowest BCUT2D eigenvalue weighted by atomic mass is 10.1. The summed E-state index contributed by atoms with van der Waals surface area (Å²) in [4.78, 5) is 38.3. The van der Waals surface area contributed by atoms with Gasteiger partial charge in [0.15, 0.2) is 18.1 Å². The molecular formula is C22H20BrNO6S. The molecule has 0 spiro atoms. The van der Waals surface area contributed by atoms with Crippen molar-refractivity contribution in [1.29, 1.82) is 0 Å². The van der Waals surface area contributed by atoms with E-state index in [0.29, 0.717) is 33.8 Å². The fraction of sp³-hybridized carbons (Fsp3) is 0.227. The monoisotopic (exact) mass is 505 g/mol. The molecule has 9 heteroatoms. The van der Waals surface area contributed by atoms with Crippen molar-refractivity contribution in [2.24, 2.45) is 0 Å². The predicted octanol–water partition coefficient (Wildman–Crippen LogP) is 5.03. The average Bonchev–Trinajstić information content (AvgIpc) is 3.03. The second-order valence-electron chi connectivity index (χ2n) is 6.20. The number of hydrogen-bond donors (Lipinski definition) is 0. The number of ether oxygens (including phenoxy) is 3. The number of para-hydroxylation sites is 1. The minimum atomic E-state index is -0.486. The maximum atomic E-state index is 12.8. The first-order valence-electron chi connectivity index (χ1n) is 9.52. The minimum absolute atomic E-state index is 0.254. The summed E-state index contributed by atoms with van der Waals surface area (Å²) in [6.07, 6.45) is 1.62. The molecule has 0 radical (unpaired) electrons. The Bertz CT molecular complexity index is 1020. The van der Waals surface area contributed by atoms with E-state index in [-0.39, 0.29) is 23.4 Å². The Hall–Kier alpha value is -2.78. The van der Waals surface area contributed by atoms with Crippen LogP contribution >= 0.6 is 27.7 Å². The van der Waals surface area contributed by atoms with Gasteiger partial charge >= 0.3 is 5.97 Å². The fourth-order valence-electron chi connectivity index (χ4n) is 2.79. The molecule has 1 aliphatic heterocycles. The second kappa shape index (κ2) is 10.5. The fourth-order valence-corrected chi connectivity index (χ4v) is 4.06. The van der Waals surface area contributed by atoms with Crippen LogP contribution in [0.25, 0.3) is 6.08 Å². The summed E-state index contributed by atoms with van der Waals surface area (Å²) in [6, 6.07) is 12.1. The Morgan fingerprint density at radius 2 is 1.77 bits per heavy atom. The highest BCUT2D eigenvalue weighted by Crippen LogP contribution is 2.39. The molecule has 0 atom stereocenters. The molecule has 0 bridgehead atoms. The van der Waals surface area contributed by atoms with Gasteiger partial charge in [-0.05, 0) is 61.5 Å². The van der Waals surface area contributed by atoms with Crippen molar-refractivity contribution < 1.29 is 28.6 Å². The summed E-state index contributed by atoms with van der Waals surface area (Å²) >= 11 is 4.32. The smallest absolute Gasteiger partial charge is 0.344 e. The number of amides is 2. The number of rotatable bonds is 8. The lowest BCUT2D eigenvalue weighted by Gasteiger charge is -2.14. The molecule has 1 aliphatic rings. The highest BCUT2D eigenvalue weighted by atomic mass is 79.9. The second-order valence-corrected chi connectivity index (χ2v) is 8.05. The zero-order chi connectivity index (χ0) is 22.4. The first kappa shape index (κ1) is 22.9. The molecule has 2 amide bonds. The minimum Gasteiger partial charge on any atom is -0.490 e. The number of esters is 1. The van der Waals surface area contributed by atoms with E-state index in [1.165, 1.54) is 0 Å². The normalized spacial score (nSPS) is 14.8. The maximum absolute atomic E-state index is 12.8. The van der Waals surface area contributed by atoms with E-state index >= 15 is 0 Å². The molecule has 31 heavy (non-hydrogen) atoms. The molecule has 0 saturated carbocycles. The van der Waals surface area contributed by atoms with Crippen LogP contribution < -0.4 is 14.4 Å². The highest BCUT2D eigenvalue weighted by molar-refractivity contribution is 9.10. The van der Waals surface area contributed by atoms with Crippen molar-refractivity contribution in [3.8, 4) is 11.5 Å². The summed E-state index contributed by atoms with van der Waals surface area (Å²) in [7, 11) is 0. The van der Waals surface area contributed by atoms with Gasteiger partial charge in [0, 0.05) is 4.47 Å². The van der Waals surface area contributed by atoms with E-state index in [1.807, 2.05) is 13.0 Å². The van der Waals surface area contributed by atoms with Crippen molar-refractivity contribution in [2.45, 2.75) is 13.8 Å². The number of carbonyl (C=O) groups excluding carboxylic acids is 3. The van der Waals surface area contributed by atoms with Gasteiger partial charge in [0.2, 0.25) is 0 Å². The zero-order valence-electron chi connectivity index (χ0n) is 16.9. The quantitative estimate of drug-likeness (QED) is 0.367. The molecule has 2 aromatic rings. The first-order valence-corrected chi connectivity index (χ1v) is 11.1. The van der Waals surface area contributed by atoms with Crippen LogP contribution in [0, 0.1) is 0 Å². The Labute approximate surface area is 192 Å². The van der Waals surface area contributed by atoms with Gasteiger partial charge in [0.1, 0.15) is 0 Å². The molecule has 3 rings (SSSR count). The van der Waals surface area contributed by atoms with Crippen molar-refractivity contribution in [3.05, 3.63) is 57.4 Å². The van der Waals surface area contributed by atoms with Crippen LogP contribution in [0.4, 0.5) is 10.5 Å². The van der Waals surface area contributed by atoms with Crippen LogP contribution in [0.3, 0.4) is 0 Å². The summed E-state index contributed by atoms with van der Waals surface area (Å²) in [5, 5.41) is -0.363. The van der Waals surface area contributed by atoms with Gasteiger partial charge in [-0.1, -0.05) is 34.1 Å². The largest absolute Gasteiger partial charge is 0.490 e. The van der Waals surface area contributed by atoms with Crippen molar-refractivity contribution in [3.63, 3.8) is 0 Å². The molecule has 162 valence electrons. The van der Waals surface area contributed by atoms with Gasteiger partial charge in [-0.15, -0.1) is 0 Å². The van der Waals surface area contributed by atoms with Crippen LogP contribution in [0.5, 0.6) is 11.5 Å². The lowest BCUT2D eigenvalue weighted by molar-refractivity contribution is -0.145. The van der Waals surface area contributed by atoms with E-state index in [2.05, 4.69) is 15.9 Å². The Balaban J connectivity index is 1.88. The molecule has 7 nitrogen and oxygen atoms in total. The van der Waals surface area contributed by atoms with Crippen molar-refractivity contribution in [1.82, 2.24) is 0 Å². The SMILES string of the molecule is CCOC(=O)COc1cc(Br)c(/C=C2\SC(=O)N(c3ccccc3)C2=O)cc1OCC. The Kier molecular flexibility index (Phi) is 7.75. The van der Waals surface area contributed by atoms with Crippen molar-refractivity contribution in [2.75, 3.05) is 24.7 Å². The van der Waals surface area contributed by atoms with E-state index in [0.717, 1.165) is 16.7 Å². The Morgan fingerprint density at radius 3 is 2.45 bits per heavy atom. The number of thioether (sulfide) groups is 1. The summed E-state index contributed by atoms with van der Waals surface area (Å²) < 4.78 is 16.7. The number of anilines is 1. The molecule has 1 fully saturated rings. The van der Waals surface area contributed by atoms with Gasteiger partial charge in [0.05, 0.1) is 23.8 Å².